The zero-order valence-electron chi connectivity index (χ0n) is 17.0. The van der Waals surface area contributed by atoms with Crippen LogP contribution in [0, 0.1) is 10.7 Å². The average Bonchev–Trinajstić information content (AvgIpc) is 2.77. The summed E-state index contributed by atoms with van der Waals surface area (Å²) >= 11 is 0. The molecule has 1 aromatic carbocycles. The predicted octanol–water partition coefficient (Wildman–Crippen LogP) is 3.00. The van der Waals surface area contributed by atoms with Gasteiger partial charge < -0.3 is 15.0 Å². The molecule has 0 bridgehead atoms. The Hall–Kier alpha value is -3.95. The quantitative estimate of drug-likeness (QED) is 0.561. The molecule has 10 heteroatoms. The molecule has 160 valence electrons. The van der Waals surface area contributed by atoms with Crippen LogP contribution in [0.3, 0.4) is 0 Å². The lowest BCUT2D eigenvalue weighted by molar-refractivity contribution is 0.0914. The minimum atomic E-state index is -1.33. The van der Waals surface area contributed by atoms with Crippen molar-refractivity contribution in [2.45, 2.75) is 25.4 Å². The SMILES string of the molecule is COc1ccc(C(NC(=O)c2cc(=O)[nH]c(-c3ccccn3)n2)C(C)(C)N=O)cc1F. The lowest BCUT2D eigenvalue weighted by atomic mass is 9.89. The molecule has 9 nitrogen and oxygen atoms in total. The number of ether oxygens (including phenoxy) is 1. The highest BCUT2D eigenvalue weighted by molar-refractivity contribution is 5.93. The third-order valence-corrected chi connectivity index (χ3v) is 4.61. The van der Waals surface area contributed by atoms with Crippen molar-refractivity contribution in [1.29, 1.82) is 0 Å². The van der Waals surface area contributed by atoms with Gasteiger partial charge in [0, 0.05) is 12.3 Å². The van der Waals surface area contributed by atoms with Gasteiger partial charge in [0.1, 0.15) is 16.9 Å². The molecule has 2 N–H and O–H groups in total. The van der Waals surface area contributed by atoms with E-state index in [1.54, 1.807) is 18.2 Å². The van der Waals surface area contributed by atoms with Crippen molar-refractivity contribution >= 4 is 5.91 Å². The molecule has 3 rings (SSSR count). The number of nitrogens with one attached hydrogen (secondary N) is 2. The van der Waals surface area contributed by atoms with Crippen molar-refractivity contribution < 1.29 is 13.9 Å². The van der Waals surface area contributed by atoms with E-state index < -0.39 is 28.9 Å². The molecule has 0 aliphatic carbocycles. The van der Waals surface area contributed by atoms with Crippen LogP contribution in [0.4, 0.5) is 4.39 Å². The number of carbonyl (C=O) groups is 1. The smallest absolute Gasteiger partial charge is 0.270 e. The van der Waals surface area contributed by atoms with E-state index in [1.807, 2.05) is 0 Å². The number of amides is 1. The summed E-state index contributed by atoms with van der Waals surface area (Å²) in [7, 11) is 1.33. The Morgan fingerprint density at radius 1 is 1.26 bits per heavy atom. The number of rotatable bonds is 7. The zero-order valence-corrected chi connectivity index (χ0v) is 17.0. The third kappa shape index (κ3) is 4.80. The van der Waals surface area contributed by atoms with Crippen molar-refractivity contribution in [3.63, 3.8) is 0 Å². The summed E-state index contributed by atoms with van der Waals surface area (Å²) in [6.07, 6.45) is 1.52. The second-order valence-corrected chi connectivity index (χ2v) is 7.24. The highest BCUT2D eigenvalue weighted by Crippen LogP contribution is 2.31. The molecule has 0 fully saturated rings. The lowest BCUT2D eigenvalue weighted by Gasteiger charge is -2.29. The van der Waals surface area contributed by atoms with Crippen LogP contribution in [0.2, 0.25) is 0 Å². The molecule has 0 saturated heterocycles. The molecule has 1 atom stereocenters. The number of nitrogens with zero attached hydrogens (tertiary/aromatic N) is 3. The predicted molar refractivity (Wildman–Crippen MR) is 111 cm³/mol. The van der Waals surface area contributed by atoms with E-state index in [1.165, 1.54) is 39.3 Å². The van der Waals surface area contributed by atoms with Gasteiger partial charge in [-0.2, -0.15) is 4.91 Å². The second-order valence-electron chi connectivity index (χ2n) is 7.24. The van der Waals surface area contributed by atoms with E-state index in [0.29, 0.717) is 11.3 Å². The Morgan fingerprint density at radius 3 is 2.65 bits per heavy atom. The molecule has 3 aromatic rings. The summed E-state index contributed by atoms with van der Waals surface area (Å²) in [4.78, 5) is 47.3. The second kappa shape index (κ2) is 8.82. The monoisotopic (exact) mass is 425 g/mol. The van der Waals surface area contributed by atoms with Crippen LogP contribution in [-0.4, -0.2) is 33.5 Å². The van der Waals surface area contributed by atoms with Gasteiger partial charge in [0.2, 0.25) is 0 Å². The number of aromatic nitrogens is 3. The number of benzene rings is 1. The fourth-order valence-electron chi connectivity index (χ4n) is 2.99. The Kier molecular flexibility index (Phi) is 6.19. The van der Waals surface area contributed by atoms with Crippen LogP contribution in [-0.2, 0) is 0 Å². The first kappa shape index (κ1) is 21.8. The topological polar surface area (TPSA) is 126 Å². The van der Waals surface area contributed by atoms with E-state index in [0.717, 1.165) is 12.1 Å². The van der Waals surface area contributed by atoms with Crippen LogP contribution < -0.4 is 15.6 Å². The molecular weight excluding hydrogens is 405 g/mol. The van der Waals surface area contributed by atoms with Crippen LogP contribution in [0.1, 0.15) is 35.9 Å². The van der Waals surface area contributed by atoms with Crippen molar-refractivity contribution in [2.24, 2.45) is 5.18 Å². The molecule has 0 spiro atoms. The van der Waals surface area contributed by atoms with Gasteiger partial charge in [-0.25, -0.2) is 9.37 Å². The van der Waals surface area contributed by atoms with E-state index in [4.69, 9.17) is 4.74 Å². The highest BCUT2D eigenvalue weighted by Gasteiger charge is 2.35. The van der Waals surface area contributed by atoms with Crippen molar-refractivity contribution in [2.75, 3.05) is 7.11 Å². The van der Waals surface area contributed by atoms with E-state index in [-0.39, 0.29) is 17.3 Å². The molecule has 0 saturated carbocycles. The normalized spacial score (nSPS) is 12.1. The molecule has 0 radical (unpaired) electrons. The summed E-state index contributed by atoms with van der Waals surface area (Å²) in [5.74, 6) is -1.27. The van der Waals surface area contributed by atoms with Crippen LogP contribution in [0.15, 0.2) is 58.6 Å². The standard InChI is InChI=1S/C21H20FN5O4/c1-21(2,27-30)18(12-7-8-16(31-3)13(22)10-12)26-20(29)15-11-17(28)25-19(24-15)14-6-4-5-9-23-14/h4-11,18H,1-3H3,(H,26,29)(H,24,25,28). The number of methoxy groups -OCH3 is 1. The van der Waals surface area contributed by atoms with E-state index >= 15 is 0 Å². The first-order chi connectivity index (χ1) is 14.7. The molecule has 0 aliphatic rings. The molecule has 31 heavy (non-hydrogen) atoms. The number of hydrogen-bond acceptors (Lipinski definition) is 7. The maximum Gasteiger partial charge on any atom is 0.270 e. The number of pyridine rings is 1. The fraction of sp³-hybridized carbons (Fsp3) is 0.238. The Bertz CT molecular complexity index is 1160. The van der Waals surface area contributed by atoms with Crippen molar-refractivity contribution in [3.8, 4) is 17.3 Å². The van der Waals surface area contributed by atoms with Gasteiger partial charge >= 0.3 is 0 Å². The Labute approximate surface area is 176 Å². The van der Waals surface area contributed by atoms with Gasteiger partial charge in [-0.05, 0) is 43.7 Å². The minimum absolute atomic E-state index is 0.0157. The van der Waals surface area contributed by atoms with Gasteiger partial charge in [0.05, 0.1) is 13.2 Å². The molecule has 0 aliphatic heterocycles. The number of aromatic amines is 1. The average molecular weight is 425 g/mol. The number of hydrogen-bond donors (Lipinski definition) is 2. The van der Waals surface area contributed by atoms with Crippen LogP contribution in [0.5, 0.6) is 5.75 Å². The first-order valence-electron chi connectivity index (χ1n) is 9.26. The summed E-state index contributed by atoms with van der Waals surface area (Å²) < 4.78 is 19.2. The molecule has 2 heterocycles. The third-order valence-electron chi connectivity index (χ3n) is 4.61. The molecule has 1 amide bonds. The first-order valence-corrected chi connectivity index (χ1v) is 9.26. The highest BCUT2D eigenvalue weighted by atomic mass is 19.1. The number of carbonyl (C=O) groups excluding carboxylic acids is 1. The van der Waals surface area contributed by atoms with Crippen molar-refractivity contribution in [1.82, 2.24) is 20.3 Å². The van der Waals surface area contributed by atoms with Crippen LogP contribution >= 0.6 is 0 Å². The fourth-order valence-corrected chi connectivity index (χ4v) is 2.99. The number of nitroso groups, excluding NO2 is 1. The summed E-state index contributed by atoms with van der Waals surface area (Å²) in [6.45, 7) is 3.00. The summed E-state index contributed by atoms with van der Waals surface area (Å²) in [5, 5.41) is 5.72. The summed E-state index contributed by atoms with van der Waals surface area (Å²) in [6, 6.07) is 9.11. The largest absolute Gasteiger partial charge is 0.494 e. The Balaban J connectivity index is 1.98. The lowest BCUT2D eigenvalue weighted by Crippen LogP contribution is -2.41. The number of halogens is 1. The van der Waals surface area contributed by atoms with Gasteiger partial charge in [-0.1, -0.05) is 17.3 Å². The maximum absolute atomic E-state index is 14.2. The van der Waals surface area contributed by atoms with E-state index in [2.05, 4.69) is 25.4 Å². The van der Waals surface area contributed by atoms with Gasteiger partial charge in [0.25, 0.3) is 11.5 Å². The van der Waals surface area contributed by atoms with Gasteiger partial charge in [0.15, 0.2) is 17.4 Å². The van der Waals surface area contributed by atoms with Crippen LogP contribution in [0.25, 0.3) is 11.5 Å². The molecule has 1 unspecified atom stereocenters. The van der Waals surface area contributed by atoms with Crippen molar-refractivity contribution in [3.05, 3.63) is 81.0 Å². The van der Waals surface area contributed by atoms with Gasteiger partial charge in [-0.15, -0.1) is 0 Å². The van der Waals surface area contributed by atoms with E-state index in [9.17, 15) is 18.9 Å². The number of H-pyrrole nitrogens is 1. The summed E-state index contributed by atoms with van der Waals surface area (Å²) in [5.41, 5.74) is -1.41. The zero-order chi connectivity index (χ0) is 22.6. The Morgan fingerprint density at radius 2 is 2.03 bits per heavy atom. The van der Waals surface area contributed by atoms with Gasteiger partial charge in [-0.3, -0.25) is 14.6 Å². The minimum Gasteiger partial charge on any atom is -0.494 e. The maximum atomic E-state index is 14.2. The molecular formula is C21H20FN5O4. The molecule has 2 aromatic heterocycles.